The Labute approximate surface area is 276 Å². The summed E-state index contributed by atoms with van der Waals surface area (Å²) in [6.45, 7) is 0. The molecule has 8 N–H and O–H groups in total. The predicted molar refractivity (Wildman–Crippen MR) is 181 cm³/mol. The number of nitrogens with one attached hydrogen (secondary N) is 1. The first kappa shape index (κ1) is 33.9. The molecule has 0 aliphatic rings. The number of hydrogen-bond donors (Lipinski definition) is 6. The molecule has 2 heterocycles. The predicted octanol–water partition coefficient (Wildman–Crippen LogP) is 3.86. The minimum Gasteiger partial charge on any atom is -0.480 e. The summed E-state index contributed by atoms with van der Waals surface area (Å²) in [6.07, 6.45) is 5.59. The number of carboxylic acids is 3. The van der Waals surface area contributed by atoms with E-state index in [1.54, 1.807) is 54.7 Å². The van der Waals surface area contributed by atoms with Crippen LogP contribution in [0.15, 0.2) is 91.3 Å². The molecule has 3 unspecified atom stereocenters. The highest BCUT2D eigenvalue weighted by molar-refractivity contribution is 6.08. The fraction of sp³-hybridized carbons (Fsp3) is 0.278. The summed E-state index contributed by atoms with van der Waals surface area (Å²) in [7, 11) is 0. The number of Topliss-reactive ketones (excluding diaryl/α,β-unsaturated/α-hetero) is 1. The number of nitrogens with zero attached hydrogens (tertiary/aromatic N) is 2. The first-order chi connectivity index (χ1) is 23.0. The van der Waals surface area contributed by atoms with Crippen LogP contribution in [0.5, 0.6) is 0 Å². The maximum Gasteiger partial charge on any atom is 0.360 e. The molecule has 48 heavy (non-hydrogen) atoms. The number of benzene rings is 3. The molecule has 0 amide bonds. The van der Waals surface area contributed by atoms with Crippen molar-refractivity contribution >= 4 is 45.5 Å². The number of aromatic nitrogens is 2. The third-order valence-electron chi connectivity index (χ3n) is 8.67. The van der Waals surface area contributed by atoms with E-state index in [1.165, 1.54) is 21.0 Å². The number of unbranched alkanes of at least 4 members (excludes halogenated alkanes) is 2. The van der Waals surface area contributed by atoms with Gasteiger partial charge in [-0.1, -0.05) is 73.2 Å². The average molecular weight is 654 g/mol. The second kappa shape index (κ2) is 14.5. The molecule has 250 valence electrons. The second-order valence-corrected chi connectivity index (χ2v) is 12.0. The van der Waals surface area contributed by atoms with Crippen LogP contribution in [0.25, 0.3) is 21.8 Å². The van der Waals surface area contributed by atoms with E-state index in [2.05, 4.69) is 5.43 Å². The molecule has 0 saturated heterocycles. The molecular weight excluding hydrogens is 614 g/mol. The Morgan fingerprint density at radius 3 is 1.83 bits per heavy atom. The summed E-state index contributed by atoms with van der Waals surface area (Å²) in [6, 6.07) is 21.3. The lowest BCUT2D eigenvalue weighted by molar-refractivity contribution is -0.152. The van der Waals surface area contributed by atoms with Crippen LogP contribution in [0.3, 0.4) is 0 Å². The van der Waals surface area contributed by atoms with Crippen LogP contribution in [0.1, 0.15) is 42.4 Å². The van der Waals surface area contributed by atoms with Gasteiger partial charge >= 0.3 is 17.9 Å². The summed E-state index contributed by atoms with van der Waals surface area (Å²) in [5.41, 5.74) is 15.5. The van der Waals surface area contributed by atoms with Crippen LogP contribution in [0, 0.1) is 0 Å². The summed E-state index contributed by atoms with van der Waals surface area (Å²) < 4.78 is 2.77. The van der Waals surface area contributed by atoms with Gasteiger partial charge in [-0.15, -0.1) is 0 Å². The Hall–Kier alpha value is -5.46. The van der Waals surface area contributed by atoms with Gasteiger partial charge in [-0.25, -0.2) is 4.79 Å². The van der Waals surface area contributed by atoms with Crippen molar-refractivity contribution < 1.29 is 34.5 Å². The Bertz CT molecular complexity index is 1950. The van der Waals surface area contributed by atoms with Crippen molar-refractivity contribution in [3.8, 4) is 0 Å². The highest BCUT2D eigenvalue weighted by atomic mass is 16.4. The van der Waals surface area contributed by atoms with Crippen LogP contribution in [0.4, 0.5) is 0 Å². The summed E-state index contributed by atoms with van der Waals surface area (Å²) in [5, 5.41) is 31.3. The topological polar surface area (TPSA) is 203 Å². The highest BCUT2D eigenvalue weighted by Crippen LogP contribution is 2.32. The van der Waals surface area contributed by atoms with Gasteiger partial charge in [0.05, 0.1) is 11.0 Å². The number of para-hydroxylation sites is 2. The first-order valence-corrected chi connectivity index (χ1v) is 15.8. The van der Waals surface area contributed by atoms with E-state index in [9.17, 15) is 34.5 Å². The Morgan fingerprint density at radius 2 is 1.23 bits per heavy atom. The van der Waals surface area contributed by atoms with Gasteiger partial charge in [-0.3, -0.25) is 24.5 Å². The number of fused-ring (bicyclic) bond motifs is 2. The molecule has 12 heteroatoms. The summed E-state index contributed by atoms with van der Waals surface area (Å²) in [4.78, 5) is 51.3. The number of carbonyl (C=O) groups excluding carboxylic acids is 1. The SMILES string of the molecule is NC(Cc1cn(NC(C(=O)O)(C(=O)CCCCCc2ccccc2)n2cc(CC(N)C(=O)O)c3ccccc32)c2ccccc12)C(=O)O. The van der Waals surface area contributed by atoms with Crippen molar-refractivity contribution in [1.82, 2.24) is 9.24 Å². The normalized spacial score (nSPS) is 14.0. The van der Waals surface area contributed by atoms with Crippen molar-refractivity contribution in [3.05, 3.63) is 108 Å². The third-order valence-corrected chi connectivity index (χ3v) is 8.67. The molecular formula is C36H39N5O7. The molecule has 2 aromatic heterocycles. The van der Waals surface area contributed by atoms with E-state index in [0.717, 1.165) is 12.8 Å². The number of rotatable bonds is 17. The van der Waals surface area contributed by atoms with Gasteiger partial charge in [0.25, 0.3) is 5.66 Å². The molecule has 0 spiro atoms. The van der Waals surface area contributed by atoms with E-state index in [0.29, 0.717) is 45.8 Å². The smallest absolute Gasteiger partial charge is 0.360 e. The maximum atomic E-state index is 14.4. The van der Waals surface area contributed by atoms with Crippen LogP contribution >= 0.6 is 0 Å². The molecule has 0 saturated carbocycles. The number of carbonyl (C=O) groups is 4. The number of carboxylic acid groups (broad SMARTS) is 3. The van der Waals surface area contributed by atoms with Crippen molar-refractivity contribution in [2.75, 3.05) is 5.43 Å². The number of aryl methyl sites for hydroxylation is 1. The minimum atomic E-state index is -2.39. The third kappa shape index (κ3) is 6.94. The van der Waals surface area contributed by atoms with Gasteiger partial charge in [0, 0.05) is 42.4 Å². The highest BCUT2D eigenvalue weighted by Gasteiger charge is 2.49. The lowest BCUT2D eigenvalue weighted by Crippen LogP contribution is -2.57. The van der Waals surface area contributed by atoms with Crippen LogP contribution in [0.2, 0.25) is 0 Å². The van der Waals surface area contributed by atoms with Gasteiger partial charge in [-0.05, 0) is 48.1 Å². The monoisotopic (exact) mass is 653 g/mol. The Balaban J connectivity index is 1.59. The number of aliphatic carboxylic acids is 3. The first-order valence-electron chi connectivity index (χ1n) is 15.8. The zero-order valence-corrected chi connectivity index (χ0v) is 26.3. The number of nitrogens with two attached hydrogens (primary N) is 2. The molecule has 3 aromatic carbocycles. The van der Waals surface area contributed by atoms with E-state index in [1.807, 2.05) is 30.3 Å². The molecule has 5 aromatic rings. The van der Waals surface area contributed by atoms with Crippen LogP contribution in [-0.2, 0) is 44.1 Å². The summed E-state index contributed by atoms with van der Waals surface area (Å²) in [5.74, 6) is -4.50. The molecule has 0 fully saturated rings. The van der Waals surface area contributed by atoms with Crippen molar-refractivity contribution in [2.45, 2.75) is 62.7 Å². The molecule has 0 radical (unpaired) electrons. The van der Waals surface area contributed by atoms with Gasteiger partial charge in [0.2, 0.25) is 0 Å². The van der Waals surface area contributed by atoms with E-state index >= 15 is 0 Å². The Morgan fingerprint density at radius 1 is 0.688 bits per heavy atom. The Kier molecular flexibility index (Phi) is 10.3. The van der Waals surface area contributed by atoms with Crippen LogP contribution < -0.4 is 16.9 Å². The molecule has 0 bridgehead atoms. The molecule has 0 aliphatic carbocycles. The van der Waals surface area contributed by atoms with E-state index < -0.39 is 41.4 Å². The van der Waals surface area contributed by atoms with Crippen LogP contribution in [-0.4, -0.2) is 60.3 Å². The fourth-order valence-corrected chi connectivity index (χ4v) is 6.16. The minimum absolute atomic E-state index is 0.0381. The molecule has 0 aliphatic heterocycles. The maximum absolute atomic E-state index is 14.4. The van der Waals surface area contributed by atoms with Crippen molar-refractivity contribution in [1.29, 1.82) is 0 Å². The zero-order chi connectivity index (χ0) is 34.4. The largest absolute Gasteiger partial charge is 0.480 e. The van der Waals surface area contributed by atoms with E-state index in [-0.39, 0.29) is 19.3 Å². The molecule has 3 atom stereocenters. The number of ketones is 1. The zero-order valence-electron chi connectivity index (χ0n) is 26.3. The van der Waals surface area contributed by atoms with E-state index in [4.69, 9.17) is 11.5 Å². The quantitative estimate of drug-likeness (QED) is 0.0632. The lowest BCUT2D eigenvalue weighted by atomic mass is 9.98. The van der Waals surface area contributed by atoms with Gasteiger partial charge in [-0.2, -0.15) is 0 Å². The van der Waals surface area contributed by atoms with Gasteiger partial charge < -0.3 is 31.4 Å². The molecule has 5 rings (SSSR count). The average Bonchev–Trinajstić information content (AvgIpc) is 3.61. The second-order valence-electron chi connectivity index (χ2n) is 12.0. The van der Waals surface area contributed by atoms with Crippen molar-refractivity contribution in [3.63, 3.8) is 0 Å². The van der Waals surface area contributed by atoms with Gasteiger partial charge in [0.15, 0.2) is 5.78 Å². The molecule has 12 nitrogen and oxygen atoms in total. The summed E-state index contributed by atoms with van der Waals surface area (Å²) >= 11 is 0. The fourth-order valence-electron chi connectivity index (χ4n) is 6.16. The van der Waals surface area contributed by atoms with Gasteiger partial charge in [0.1, 0.15) is 12.1 Å². The van der Waals surface area contributed by atoms with Crippen molar-refractivity contribution in [2.24, 2.45) is 11.5 Å². The standard InChI is InChI=1S/C36H39N5O7/c37-28(33(43)44)19-24-21-40(30-16-9-7-14-26(24)30)36(35(47)48,32(42)18-6-2-5-13-23-11-3-1-4-12-23)39-41-22-25(20-29(38)34(45)46)27-15-8-10-17-31(27)41/h1,3-4,7-12,14-17,21-22,28-29,39H,2,5-6,13,18-20,37-38H2,(H,43,44)(H,45,46)(H,47,48). The number of hydrogen-bond acceptors (Lipinski definition) is 7. The lowest BCUT2D eigenvalue weighted by Gasteiger charge is -2.33.